The van der Waals surface area contributed by atoms with Gasteiger partial charge < -0.3 is 10.2 Å². The molecule has 0 bridgehead atoms. The van der Waals surface area contributed by atoms with Crippen LogP contribution >= 0.6 is 11.6 Å². The molecule has 0 amide bonds. The molecule has 0 spiro atoms. The zero-order valence-corrected chi connectivity index (χ0v) is 10.1. The van der Waals surface area contributed by atoms with Gasteiger partial charge in [-0.1, -0.05) is 12.1 Å². The zero-order valence-electron chi connectivity index (χ0n) is 9.38. The van der Waals surface area contributed by atoms with Crippen LogP contribution in [0.1, 0.15) is 17.2 Å². The maximum absolute atomic E-state index is 10.5. The maximum atomic E-state index is 10.5. The minimum absolute atomic E-state index is 0.0636. The number of non-ortho nitro benzene ring substituents is 1. The molecule has 0 saturated heterocycles. The first-order valence-corrected chi connectivity index (χ1v) is 5.67. The Morgan fingerprint density at radius 1 is 1.33 bits per heavy atom. The first kappa shape index (κ1) is 12.6. The Morgan fingerprint density at radius 3 is 2.50 bits per heavy atom. The number of nitro groups is 1. The smallest absolute Gasteiger partial charge is 0.269 e. The van der Waals surface area contributed by atoms with E-state index >= 15 is 0 Å². The van der Waals surface area contributed by atoms with Crippen molar-refractivity contribution in [1.29, 1.82) is 0 Å². The van der Waals surface area contributed by atoms with Crippen LogP contribution in [0.15, 0.2) is 41.0 Å². The molecular weight excluding hydrogens is 256 g/mol. The van der Waals surface area contributed by atoms with Crippen LogP contribution < -0.4 is 5.73 Å². The molecule has 2 rings (SSSR count). The van der Waals surface area contributed by atoms with Crippen LogP contribution in [-0.4, -0.2) is 4.92 Å². The normalized spacial score (nSPS) is 12.3. The van der Waals surface area contributed by atoms with E-state index in [4.69, 9.17) is 21.8 Å². The quantitative estimate of drug-likeness (QED) is 0.681. The molecule has 6 heteroatoms. The van der Waals surface area contributed by atoms with Gasteiger partial charge in [0.2, 0.25) is 0 Å². The number of hydrogen-bond donors (Lipinski definition) is 1. The van der Waals surface area contributed by atoms with Crippen molar-refractivity contribution in [3.63, 3.8) is 0 Å². The standard InChI is InChI=1S/C12H11ClN2O3/c13-12-10(5-6-18-12)11(14)7-8-1-3-9(4-2-8)15(16)17/h1-6,11H,7,14H2. The minimum atomic E-state index is -0.434. The summed E-state index contributed by atoms with van der Waals surface area (Å²) in [6, 6.07) is 7.71. The zero-order chi connectivity index (χ0) is 13.1. The van der Waals surface area contributed by atoms with Crippen LogP contribution in [0, 0.1) is 10.1 Å². The van der Waals surface area contributed by atoms with Gasteiger partial charge in [0.1, 0.15) is 0 Å². The molecule has 18 heavy (non-hydrogen) atoms. The van der Waals surface area contributed by atoms with Crippen molar-refractivity contribution in [3.05, 3.63) is 63.1 Å². The average Bonchev–Trinajstić information content (AvgIpc) is 2.76. The van der Waals surface area contributed by atoms with Crippen LogP contribution in [0.2, 0.25) is 5.22 Å². The summed E-state index contributed by atoms with van der Waals surface area (Å²) in [5.41, 5.74) is 7.69. The Hall–Kier alpha value is -1.85. The van der Waals surface area contributed by atoms with Gasteiger partial charge in [-0.2, -0.15) is 0 Å². The van der Waals surface area contributed by atoms with Crippen molar-refractivity contribution >= 4 is 17.3 Å². The highest BCUT2D eigenvalue weighted by Crippen LogP contribution is 2.25. The number of rotatable bonds is 4. The fourth-order valence-electron chi connectivity index (χ4n) is 1.69. The molecule has 1 aromatic heterocycles. The summed E-state index contributed by atoms with van der Waals surface area (Å²) in [6.07, 6.45) is 2.02. The van der Waals surface area contributed by atoms with Crippen molar-refractivity contribution in [2.75, 3.05) is 0 Å². The molecule has 0 aliphatic heterocycles. The van der Waals surface area contributed by atoms with Gasteiger partial charge in [-0.15, -0.1) is 0 Å². The molecule has 0 radical (unpaired) electrons. The number of nitrogens with zero attached hydrogens (tertiary/aromatic N) is 1. The lowest BCUT2D eigenvalue weighted by molar-refractivity contribution is -0.384. The molecule has 2 N–H and O–H groups in total. The van der Waals surface area contributed by atoms with E-state index < -0.39 is 4.92 Å². The van der Waals surface area contributed by atoms with Gasteiger partial charge in [-0.3, -0.25) is 10.1 Å². The van der Waals surface area contributed by atoms with Crippen LogP contribution in [0.25, 0.3) is 0 Å². The van der Waals surface area contributed by atoms with E-state index in [1.807, 2.05) is 0 Å². The first-order valence-electron chi connectivity index (χ1n) is 5.29. The Balaban J connectivity index is 2.10. The van der Waals surface area contributed by atoms with Crippen molar-refractivity contribution in [1.82, 2.24) is 0 Å². The molecule has 0 saturated carbocycles. The number of hydrogen-bond acceptors (Lipinski definition) is 4. The van der Waals surface area contributed by atoms with E-state index in [0.717, 1.165) is 11.1 Å². The molecule has 0 aliphatic rings. The summed E-state index contributed by atoms with van der Waals surface area (Å²) in [7, 11) is 0. The number of nitro benzene ring substituents is 1. The van der Waals surface area contributed by atoms with E-state index in [-0.39, 0.29) is 16.9 Å². The monoisotopic (exact) mass is 266 g/mol. The van der Waals surface area contributed by atoms with Gasteiger partial charge in [-0.05, 0) is 29.7 Å². The maximum Gasteiger partial charge on any atom is 0.269 e. The van der Waals surface area contributed by atoms with E-state index in [1.165, 1.54) is 18.4 Å². The van der Waals surface area contributed by atoms with Crippen molar-refractivity contribution in [3.8, 4) is 0 Å². The lowest BCUT2D eigenvalue weighted by Gasteiger charge is -2.09. The molecule has 1 atom stereocenters. The Kier molecular flexibility index (Phi) is 3.64. The molecule has 0 aliphatic carbocycles. The van der Waals surface area contributed by atoms with Crippen molar-refractivity contribution in [2.24, 2.45) is 5.73 Å². The van der Waals surface area contributed by atoms with Gasteiger partial charge in [0.05, 0.1) is 11.2 Å². The summed E-state index contributed by atoms with van der Waals surface area (Å²) in [5, 5.41) is 10.8. The van der Waals surface area contributed by atoms with Crippen LogP contribution in [0.4, 0.5) is 5.69 Å². The molecule has 2 aromatic rings. The van der Waals surface area contributed by atoms with E-state index in [0.29, 0.717) is 6.42 Å². The predicted molar refractivity (Wildman–Crippen MR) is 67.4 cm³/mol. The summed E-state index contributed by atoms with van der Waals surface area (Å²) in [5.74, 6) is 0. The highest BCUT2D eigenvalue weighted by atomic mass is 35.5. The number of benzene rings is 1. The van der Waals surface area contributed by atoms with Gasteiger partial charge in [0.25, 0.3) is 5.69 Å². The topological polar surface area (TPSA) is 82.3 Å². The Bertz CT molecular complexity index is 551. The highest BCUT2D eigenvalue weighted by molar-refractivity contribution is 6.29. The summed E-state index contributed by atoms with van der Waals surface area (Å²) in [6.45, 7) is 0. The first-order chi connectivity index (χ1) is 8.58. The van der Waals surface area contributed by atoms with Crippen molar-refractivity contribution < 1.29 is 9.34 Å². The lowest BCUT2D eigenvalue weighted by atomic mass is 10.0. The lowest BCUT2D eigenvalue weighted by Crippen LogP contribution is -2.12. The van der Waals surface area contributed by atoms with Gasteiger partial charge >= 0.3 is 0 Å². The van der Waals surface area contributed by atoms with Crippen LogP contribution in [-0.2, 0) is 6.42 Å². The largest absolute Gasteiger partial charge is 0.453 e. The third kappa shape index (κ3) is 2.69. The Morgan fingerprint density at radius 2 is 2.00 bits per heavy atom. The van der Waals surface area contributed by atoms with Gasteiger partial charge in [0.15, 0.2) is 5.22 Å². The molecule has 5 nitrogen and oxygen atoms in total. The average molecular weight is 267 g/mol. The molecule has 94 valence electrons. The summed E-state index contributed by atoms with van der Waals surface area (Å²) in [4.78, 5) is 10.1. The Labute approximate surface area is 108 Å². The molecule has 0 fully saturated rings. The number of furan rings is 1. The van der Waals surface area contributed by atoms with E-state index in [2.05, 4.69) is 0 Å². The van der Waals surface area contributed by atoms with Crippen molar-refractivity contribution in [2.45, 2.75) is 12.5 Å². The second-order valence-electron chi connectivity index (χ2n) is 3.88. The van der Waals surface area contributed by atoms with E-state index in [1.54, 1.807) is 18.2 Å². The molecule has 1 unspecified atom stereocenters. The third-order valence-electron chi connectivity index (χ3n) is 2.65. The van der Waals surface area contributed by atoms with Gasteiger partial charge in [0, 0.05) is 23.7 Å². The van der Waals surface area contributed by atoms with Crippen LogP contribution in [0.5, 0.6) is 0 Å². The molecule has 1 heterocycles. The van der Waals surface area contributed by atoms with E-state index in [9.17, 15) is 10.1 Å². The SMILES string of the molecule is NC(Cc1ccc([N+](=O)[O-])cc1)c1ccoc1Cl. The second kappa shape index (κ2) is 5.20. The highest BCUT2D eigenvalue weighted by Gasteiger charge is 2.14. The number of halogens is 1. The fourth-order valence-corrected chi connectivity index (χ4v) is 1.94. The fraction of sp³-hybridized carbons (Fsp3) is 0.167. The summed E-state index contributed by atoms with van der Waals surface area (Å²) < 4.78 is 4.97. The third-order valence-corrected chi connectivity index (χ3v) is 2.96. The minimum Gasteiger partial charge on any atom is -0.453 e. The van der Waals surface area contributed by atoms with Gasteiger partial charge in [-0.25, -0.2) is 0 Å². The van der Waals surface area contributed by atoms with Crippen LogP contribution in [0.3, 0.4) is 0 Å². The predicted octanol–water partition coefficient (Wildman–Crippen LogP) is 3.08. The second-order valence-corrected chi connectivity index (χ2v) is 4.23. The summed E-state index contributed by atoms with van der Waals surface area (Å²) >= 11 is 5.83. The number of nitrogens with two attached hydrogens (primary N) is 1. The molecule has 1 aromatic carbocycles. The molecular formula is C12H11ClN2O3.